The molecule has 94 valence electrons. The Morgan fingerprint density at radius 1 is 1.56 bits per heavy atom. The lowest BCUT2D eigenvalue weighted by Crippen LogP contribution is -2.37. The Hall–Kier alpha value is -0.610. The average molecular weight is 228 g/mol. The van der Waals surface area contributed by atoms with E-state index in [2.05, 4.69) is 6.92 Å². The molecule has 4 nitrogen and oxygen atoms in total. The molecule has 16 heavy (non-hydrogen) atoms. The van der Waals surface area contributed by atoms with E-state index in [9.17, 15) is 4.79 Å². The number of nitrogens with two attached hydrogens (primary N) is 1. The van der Waals surface area contributed by atoms with E-state index in [1.807, 2.05) is 11.9 Å². The van der Waals surface area contributed by atoms with Crippen molar-refractivity contribution in [1.29, 1.82) is 0 Å². The second kappa shape index (κ2) is 6.86. The monoisotopic (exact) mass is 228 g/mol. The van der Waals surface area contributed by atoms with Gasteiger partial charge in [0.25, 0.3) is 0 Å². The Labute approximate surface area is 98.1 Å². The normalized spacial score (nSPS) is 22.1. The van der Waals surface area contributed by atoms with E-state index in [1.165, 1.54) is 0 Å². The zero-order valence-electron chi connectivity index (χ0n) is 10.4. The molecule has 1 rings (SSSR count). The van der Waals surface area contributed by atoms with Gasteiger partial charge in [0.05, 0.1) is 12.6 Å². The molecule has 4 heteroatoms. The molecule has 0 spiro atoms. The fourth-order valence-electron chi connectivity index (χ4n) is 2.01. The molecule has 1 aliphatic rings. The second-order valence-electron chi connectivity index (χ2n) is 4.74. The van der Waals surface area contributed by atoms with E-state index in [4.69, 9.17) is 10.5 Å². The molecule has 1 heterocycles. The summed E-state index contributed by atoms with van der Waals surface area (Å²) >= 11 is 0. The molecule has 0 aromatic heterocycles. The Kier molecular flexibility index (Phi) is 5.77. The molecule has 0 aromatic rings. The van der Waals surface area contributed by atoms with Gasteiger partial charge in [0.15, 0.2) is 0 Å². The third-order valence-electron chi connectivity index (χ3n) is 3.36. The number of ether oxygens (including phenoxy) is 1. The highest BCUT2D eigenvalue weighted by molar-refractivity contribution is 5.76. The zero-order valence-corrected chi connectivity index (χ0v) is 10.4. The van der Waals surface area contributed by atoms with Gasteiger partial charge in [-0.2, -0.15) is 0 Å². The van der Waals surface area contributed by atoms with Crippen molar-refractivity contribution in [3.63, 3.8) is 0 Å². The maximum absolute atomic E-state index is 11.9. The third-order valence-corrected chi connectivity index (χ3v) is 3.36. The maximum atomic E-state index is 11.9. The van der Waals surface area contributed by atoms with Crippen molar-refractivity contribution in [3.8, 4) is 0 Å². The summed E-state index contributed by atoms with van der Waals surface area (Å²) in [6.45, 7) is 4.34. The zero-order chi connectivity index (χ0) is 12.0. The van der Waals surface area contributed by atoms with Crippen LogP contribution in [0.5, 0.6) is 0 Å². The van der Waals surface area contributed by atoms with Crippen LogP contribution in [0.4, 0.5) is 0 Å². The number of likely N-dealkylation sites (N-methyl/N-ethyl adjacent to an activating group) is 1. The smallest absolute Gasteiger partial charge is 0.222 e. The lowest BCUT2D eigenvalue weighted by atomic mass is 10.0. The highest BCUT2D eigenvalue weighted by Crippen LogP contribution is 2.15. The van der Waals surface area contributed by atoms with Crippen molar-refractivity contribution in [3.05, 3.63) is 0 Å². The number of hydrogen-bond acceptors (Lipinski definition) is 3. The molecule has 1 saturated heterocycles. The lowest BCUT2D eigenvalue weighted by molar-refractivity contribution is -0.132. The van der Waals surface area contributed by atoms with Gasteiger partial charge in [-0.1, -0.05) is 6.92 Å². The molecule has 0 bridgehead atoms. The summed E-state index contributed by atoms with van der Waals surface area (Å²) in [7, 11) is 1.88. The molecule has 2 N–H and O–H groups in total. The van der Waals surface area contributed by atoms with Gasteiger partial charge in [-0.3, -0.25) is 4.79 Å². The van der Waals surface area contributed by atoms with Crippen LogP contribution in [0.15, 0.2) is 0 Å². The number of nitrogens with zero attached hydrogens (tertiary/aromatic N) is 1. The average Bonchev–Trinajstić information content (AvgIpc) is 2.78. The molecule has 1 amide bonds. The van der Waals surface area contributed by atoms with Gasteiger partial charge >= 0.3 is 0 Å². The number of amides is 1. The lowest BCUT2D eigenvalue weighted by Gasteiger charge is -2.23. The van der Waals surface area contributed by atoms with E-state index in [0.29, 0.717) is 25.5 Å². The van der Waals surface area contributed by atoms with E-state index >= 15 is 0 Å². The van der Waals surface area contributed by atoms with Crippen LogP contribution in [0.3, 0.4) is 0 Å². The summed E-state index contributed by atoms with van der Waals surface area (Å²) in [5.74, 6) is 0.779. The van der Waals surface area contributed by atoms with Gasteiger partial charge in [0.1, 0.15) is 0 Å². The van der Waals surface area contributed by atoms with Gasteiger partial charge in [0, 0.05) is 20.1 Å². The minimum absolute atomic E-state index is 0.236. The van der Waals surface area contributed by atoms with Gasteiger partial charge in [-0.05, 0) is 31.7 Å². The third kappa shape index (κ3) is 4.10. The summed E-state index contributed by atoms with van der Waals surface area (Å²) in [5, 5.41) is 0. The van der Waals surface area contributed by atoms with Gasteiger partial charge < -0.3 is 15.4 Å². The van der Waals surface area contributed by atoms with Crippen LogP contribution in [-0.2, 0) is 9.53 Å². The van der Waals surface area contributed by atoms with Crippen LogP contribution >= 0.6 is 0 Å². The summed E-state index contributed by atoms with van der Waals surface area (Å²) < 4.78 is 5.28. The Bertz CT molecular complexity index is 215. The second-order valence-corrected chi connectivity index (χ2v) is 4.74. The van der Waals surface area contributed by atoms with E-state index in [0.717, 1.165) is 25.9 Å². The van der Waals surface area contributed by atoms with Crippen LogP contribution in [0, 0.1) is 5.92 Å². The van der Waals surface area contributed by atoms with Crippen molar-refractivity contribution in [1.82, 2.24) is 4.90 Å². The summed E-state index contributed by atoms with van der Waals surface area (Å²) in [4.78, 5) is 13.7. The first-order valence-electron chi connectivity index (χ1n) is 6.18. The van der Waals surface area contributed by atoms with Gasteiger partial charge in [-0.15, -0.1) is 0 Å². The van der Waals surface area contributed by atoms with Gasteiger partial charge in [0.2, 0.25) is 5.91 Å². The van der Waals surface area contributed by atoms with Crippen molar-refractivity contribution in [2.24, 2.45) is 11.7 Å². The quantitative estimate of drug-likeness (QED) is 0.738. The summed E-state index contributed by atoms with van der Waals surface area (Å²) in [6, 6.07) is 0.289. The Morgan fingerprint density at radius 3 is 2.88 bits per heavy atom. The molecule has 0 saturated carbocycles. The van der Waals surface area contributed by atoms with Crippen molar-refractivity contribution in [2.45, 2.75) is 38.6 Å². The minimum atomic E-state index is 0.236. The number of rotatable bonds is 6. The largest absolute Gasteiger partial charge is 0.379 e. The molecular formula is C12H24N2O2. The molecule has 0 radical (unpaired) electrons. The fraction of sp³-hybridized carbons (Fsp3) is 0.917. The van der Waals surface area contributed by atoms with Crippen LogP contribution in [0.1, 0.15) is 32.6 Å². The maximum Gasteiger partial charge on any atom is 0.222 e. The standard InChI is InChI=1S/C12H24N2O2/c1-10(5-7-13)3-4-12(15)14(2)11-6-8-16-9-11/h10-11H,3-9,13H2,1-2H3. The van der Waals surface area contributed by atoms with Crippen LogP contribution in [-0.4, -0.2) is 43.7 Å². The molecule has 1 fully saturated rings. The van der Waals surface area contributed by atoms with E-state index in [1.54, 1.807) is 0 Å². The SMILES string of the molecule is CC(CCN)CCC(=O)N(C)C1CCOC1. The number of carbonyl (C=O) groups is 1. The minimum Gasteiger partial charge on any atom is -0.379 e. The molecule has 1 aliphatic heterocycles. The first-order chi connectivity index (χ1) is 7.65. The van der Waals surface area contributed by atoms with Crippen LogP contribution < -0.4 is 5.73 Å². The molecule has 2 unspecified atom stereocenters. The number of carbonyl (C=O) groups excluding carboxylic acids is 1. The highest BCUT2D eigenvalue weighted by Gasteiger charge is 2.23. The van der Waals surface area contributed by atoms with E-state index in [-0.39, 0.29) is 11.9 Å². The number of hydrogen-bond donors (Lipinski definition) is 1. The Morgan fingerprint density at radius 2 is 2.31 bits per heavy atom. The molecule has 0 aromatic carbocycles. The van der Waals surface area contributed by atoms with Crippen molar-refractivity contribution >= 4 is 5.91 Å². The summed E-state index contributed by atoms with van der Waals surface area (Å²) in [6.07, 6.45) is 3.55. The van der Waals surface area contributed by atoms with Crippen molar-refractivity contribution < 1.29 is 9.53 Å². The van der Waals surface area contributed by atoms with Gasteiger partial charge in [-0.25, -0.2) is 0 Å². The predicted octanol–water partition coefficient (Wildman–Crippen LogP) is 0.999. The molecular weight excluding hydrogens is 204 g/mol. The predicted molar refractivity (Wildman–Crippen MR) is 64.1 cm³/mol. The topological polar surface area (TPSA) is 55.6 Å². The highest BCUT2D eigenvalue weighted by atomic mass is 16.5. The first kappa shape index (κ1) is 13.5. The molecule has 0 aliphatic carbocycles. The Balaban J connectivity index is 2.23. The van der Waals surface area contributed by atoms with Crippen LogP contribution in [0.2, 0.25) is 0 Å². The summed E-state index contributed by atoms with van der Waals surface area (Å²) in [5.41, 5.74) is 5.48. The van der Waals surface area contributed by atoms with Crippen molar-refractivity contribution in [2.75, 3.05) is 26.8 Å². The van der Waals surface area contributed by atoms with E-state index < -0.39 is 0 Å². The fourth-order valence-corrected chi connectivity index (χ4v) is 2.01. The first-order valence-corrected chi connectivity index (χ1v) is 6.18. The molecule has 2 atom stereocenters. The van der Waals surface area contributed by atoms with Crippen LogP contribution in [0.25, 0.3) is 0 Å².